The number of halogens is 1. The van der Waals surface area contributed by atoms with Crippen LogP contribution in [0, 0.1) is 12.3 Å². The summed E-state index contributed by atoms with van der Waals surface area (Å²) in [5.41, 5.74) is 2.82. The molecule has 0 aliphatic carbocycles. The van der Waals surface area contributed by atoms with Gasteiger partial charge in [-0.3, -0.25) is 15.1 Å². The number of carbonyl (C=O) groups is 1. The average Bonchev–Trinajstić information content (AvgIpc) is 3.16. The van der Waals surface area contributed by atoms with Crippen LogP contribution in [0.3, 0.4) is 0 Å². The minimum absolute atomic E-state index is 0.101. The molecule has 0 atom stereocenters. The van der Waals surface area contributed by atoms with Crippen molar-refractivity contribution in [1.29, 1.82) is 5.41 Å². The smallest absolute Gasteiger partial charge is 0.283 e. The van der Waals surface area contributed by atoms with Gasteiger partial charge in [0.1, 0.15) is 24.8 Å². The Labute approximate surface area is 201 Å². The van der Waals surface area contributed by atoms with E-state index in [0.29, 0.717) is 39.6 Å². The van der Waals surface area contributed by atoms with Crippen molar-refractivity contribution in [2.75, 3.05) is 20.3 Å². The Bertz CT molecular complexity index is 1220. The maximum Gasteiger partial charge on any atom is 0.283 e. The van der Waals surface area contributed by atoms with Crippen molar-refractivity contribution in [3.8, 4) is 17.2 Å². The van der Waals surface area contributed by atoms with Crippen molar-refractivity contribution < 1.29 is 19.0 Å². The van der Waals surface area contributed by atoms with Gasteiger partial charge < -0.3 is 14.2 Å². The van der Waals surface area contributed by atoms with Crippen molar-refractivity contribution in [1.82, 2.24) is 4.90 Å². The maximum absolute atomic E-state index is 12.4. The molecule has 170 valence electrons. The summed E-state index contributed by atoms with van der Waals surface area (Å²) in [4.78, 5) is 18.2. The summed E-state index contributed by atoms with van der Waals surface area (Å²) in [6.07, 6.45) is 1.61. The molecule has 1 N–H and O–H groups in total. The summed E-state index contributed by atoms with van der Waals surface area (Å²) < 4.78 is 16.8. The number of hydrogen-bond donors (Lipinski definition) is 1. The van der Waals surface area contributed by atoms with E-state index in [1.165, 1.54) is 11.8 Å². The van der Waals surface area contributed by atoms with Crippen molar-refractivity contribution in [2.24, 2.45) is 4.99 Å². The molecular weight excluding hydrogens is 462 g/mol. The van der Waals surface area contributed by atoms with E-state index in [0.717, 1.165) is 11.3 Å². The second kappa shape index (κ2) is 9.72. The fourth-order valence-electron chi connectivity index (χ4n) is 3.33. The van der Waals surface area contributed by atoms with E-state index in [1.807, 2.05) is 37.5 Å². The second-order valence-corrected chi connectivity index (χ2v) is 8.60. The highest BCUT2D eigenvalue weighted by atomic mass is 35.5. The maximum atomic E-state index is 12.4. The summed E-state index contributed by atoms with van der Waals surface area (Å²) in [7, 11) is 1.60. The number of hydrogen-bond acceptors (Lipinski definition) is 6. The molecule has 0 aromatic heterocycles. The van der Waals surface area contributed by atoms with Crippen LogP contribution in [0.15, 0.2) is 58.1 Å². The molecule has 0 radical (unpaired) electrons. The average molecular weight is 484 g/mol. The number of carbonyl (C=O) groups excluding carboxylic acids is 1. The van der Waals surface area contributed by atoms with Crippen molar-refractivity contribution in [2.45, 2.75) is 13.8 Å². The number of fused-ring (bicyclic) bond motifs is 1. The normalized spacial score (nSPS) is 16.5. The van der Waals surface area contributed by atoms with Gasteiger partial charge in [-0.05, 0) is 60.7 Å². The number of allylic oxidation sites excluding steroid dienone is 1. The first-order chi connectivity index (χ1) is 15.9. The number of nitrogens with zero attached hydrogens (tertiary/aromatic N) is 2. The van der Waals surface area contributed by atoms with Crippen LogP contribution in [0.25, 0.3) is 6.08 Å². The van der Waals surface area contributed by atoms with E-state index >= 15 is 0 Å². The number of methoxy groups -OCH3 is 1. The number of ether oxygens (including phenoxy) is 3. The summed E-state index contributed by atoms with van der Waals surface area (Å²) in [5, 5.41) is 11.2. The Morgan fingerprint density at radius 1 is 1.09 bits per heavy atom. The fourth-order valence-corrected chi connectivity index (χ4v) is 4.43. The molecule has 0 saturated carbocycles. The number of amidine groups is 2. The highest BCUT2D eigenvalue weighted by Crippen LogP contribution is 2.33. The first-order valence-corrected chi connectivity index (χ1v) is 11.4. The van der Waals surface area contributed by atoms with Gasteiger partial charge in [0, 0.05) is 5.70 Å². The third-order valence-corrected chi connectivity index (χ3v) is 6.21. The number of rotatable bonds is 7. The summed E-state index contributed by atoms with van der Waals surface area (Å²) >= 11 is 7.72. The van der Waals surface area contributed by atoms with Gasteiger partial charge in [-0.1, -0.05) is 35.5 Å². The van der Waals surface area contributed by atoms with E-state index < -0.39 is 5.91 Å². The van der Waals surface area contributed by atoms with Crippen LogP contribution in [-0.2, 0) is 4.79 Å². The van der Waals surface area contributed by atoms with Crippen LogP contribution in [0.4, 0.5) is 0 Å². The minimum atomic E-state index is -0.443. The molecule has 2 aromatic carbocycles. The quantitative estimate of drug-likeness (QED) is 0.426. The molecule has 1 amide bonds. The molecule has 2 aromatic rings. The Balaban J connectivity index is 1.40. The van der Waals surface area contributed by atoms with Gasteiger partial charge >= 0.3 is 0 Å². The van der Waals surface area contributed by atoms with Crippen LogP contribution < -0.4 is 14.2 Å². The Kier molecular flexibility index (Phi) is 6.76. The Morgan fingerprint density at radius 2 is 1.82 bits per heavy atom. The molecule has 2 heterocycles. The largest absolute Gasteiger partial charge is 0.493 e. The second-order valence-electron chi connectivity index (χ2n) is 7.36. The van der Waals surface area contributed by atoms with Crippen LogP contribution in [-0.4, -0.2) is 42.1 Å². The van der Waals surface area contributed by atoms with Gasteiger partial charge in [-0.15, -0.1) is 0 Å². The van der Waals surface area contributed by atoms with Gasteiger partial charge in [0.15, 0.2) is 16.7 Å². The summed E-state index contributed by atoms with van der Waals surface area (Å²) in [6, 6.07) is 10.9. The van der Waals surface area contributed by atoms with E-state index in [4.69, 9.17) is 31.2 Å². The standard InChI is InChI=1S/C24H22ClN3O4S/c1-14-4-6-20(21(10-14)30-3)32-9-8-31-19-7-5-16(12-18(19)25)11-17-22(26)28-15(2)13-33-24(28)27-23(17)29/h4-7,10-13,26H,8-9H2,1-3H3/b17-11-,26-22?. The molecule has 9 heteroatoms. The van der Waals surface area contributed by atoms with Gasteiger partial charge in [0.2, 0.25) is 0 Å². The number of aliphatic imine (C=N–C) groups is 1. The topological polar surface area (TPSA) is 84.2 Å². The molecule has 0 bridgehead atoms. The Morgan fingerprint density at radius 3 is 2.55 bits per heavy atom. The van der Waals surface area contributed by atoms with Crippen molar-refractivity contribution >= 4 is 46.3 Å². The zero-order valence-corrected chi connectivity index (χ0v) is 19.9. The lowest BCUT2D eigenvalue weighted by Crippen LogP contribution is -2.37. The lowest BCUT2D eigenvalue weighted by Gasteiger charge is -2.25. The van der Waals surface area contributed by atoms with Crippen LogP contribution >= 0.6 is 23.4 Å². The van der Waals surface area contributed by atoms with Gasteiger partial charge in [0.25, 0.3) is 5.91 Å². The monoisotopic (exact) mass is 483 g/mol. The van der Waals surface area contributed by atoms with Gasteiger partial charge in [-0.2, -0.15) is 4.99 Å². The SMILES string of the molecule is COc1cc(C)ccc1OCCOc1ccc(/C=C2/C(=N)N3C(C)=CSC3=NC2=O)cc1Cl. The third-order valence-electron chi connectivity index (χ3n) is 4.97. The minimum Gasteiger partial charge on any atom is -0.493 e. The molecule has 0 unspecified atom stereocenters. The molecule has 0 saturated heterocycles. The molecule has 7 nitrogen and oxygen atoms in total. The number of aryl methyl sites for hydroxylation is 1. The van der Waals surface area contributed by atoms with Crippen LogP contribution in [0.2, 0.25) is 5.02 Å². The first kappa shape index (κ1) is 22.9. The zero-order valence-electron chi connectivity index (χ0n) is 18.3. The molecule has 2 aliphatic heterocycles. The number of amides is 1. The lowest BCUT2D eigenvalue weighted by atomic mass is 10.1. The van der Waals surface area contributed by atoms with Gasteiger partial charge in [-0.25, -0.2) is 0 Å². The van der Waals surface area contributed by atoms with Gasteiger partial charge in [0.05, 0.1) is 17.7 Å². The zero-order chi connectivity index (χ0) is 23.5. The van der Waals surface area contributed by atoms with Crippen LogP contribution in [0.1, 0.15) is 18.1 Å². The highest BCUT2D eigenvalue weighted by Gasteiger charge is 2.33. The molecule has 4 rings (SSSR count). The number of benzene rings is 2. The Hall–Kier alpha value is -3.23. The number of thioether (sulfide) groups is 1. The van der Waals surface area contributed by atoms with Crippen molar-refractivity contribution in [3.05, 3.63) is 69.2 Å². The van der Waals surface area contributed by atoms with Crippen LogP contribution in [0.5, 0.6) is 17.2 Å². The number of nitrogens with one attached hydrogen (secondary N) is 1. The molecular formula is C24H22ClN3O4S. The predicted molar refractivity (Wildman–Crippen MR) is 132 cm³/mol. The third kappa shape index (κ3) is 4.91. The van der Waals surface area contributed by atoms with E-state index in [-0.39, 0.29) is 18.0 Å². The molecule has 2 aliphatic rings. The van der Waals surface area contributed by atoms with Crippen molar-refractivity contribution in [3.63, 3.8) is 0 Å². The molecule has 0 spiro atoms. The lowest BCUT2D eigenvalue weighted by molar-refractivity contribution is -0.114. The molecule has 33 heavy (non-hydrogen) atoms. The van der Waals surface area contributed by atoms with E-state index in [2.05, 4.69) is 4.99 Å². The predicted octanol–water partition coefficient (Wildman–Crippen LogP) is 5.28. The highest BCUT2D eigenvalue weighted by molar-refractivity contribution is 8.16. The molecule has 0 fully saturated rings. The van der Waals surface area contributed by atoms with E-state index in [1.54, 1.807) is 36.3 Å². The first-order valence-electron chi connectivity index (χ1n) is 10.1. The summed E-state index contributed by atoms with van der Waals surface area (Å²) in [6.45, 7) is 4.46. The fraction of sp³-hybridized carbons (Fsp3) is 0.208. The summed E-state index contributed by atoms with van der Waals surface area (Å²) in [5.74, 6) is 1.47. The van der Waals surface area contributed by atoms with E-state index in [9.17, 15) is 4.79 Å².